The molecular formula is C43H70BrN3O12S. The first-order valence-electron chi connectivity index (χ1n) is 21.3. The monoisotopic (exact) mass is 931 g/mol. The number of hydrogen-bond donors (Lipinski definition) is 6. The molecule has 0 aromatic heterocycles. The third-order valence-electron chi connectivity index (χ3n) is 13.7. The second-order valence-corrected chi connectivity index (χ2v) is 19.9. The van der Waals surface area contributed by atoms with E-state index in [1.807, 2.05) is 51.0 Å². The molecule has 60 heavy (non-hydrogen) atoms. The van der Waals surface area contributed by atoms with Gasteiger partial charge in [-0.15, -0.1) is 0 Å². The number of esters is 1. The van der Waals surface area contributed by atoms with E-state index in [1.54, 1.807) is 46.4 Å². The zero-order valence-electron chi connectivity index (χ0n) is 37.2. The number of carbonyl (C=O) groups excluding carboxylic acids is 1. The number of carbonyl (C=O) groups is 1. The average molecular weight is 933 g/mol. The molecule has 4 aliphatic rings. The van der Waals surface area contributed by atoms with Gasteiger partial charge in [-0.2, -0.15) is 0 Å². The van der Waals surface area contributed by atoms with Crippen LogP contribution < -0.4 is 5.32 Å². The van der Waals surface area contributed by atoms with Crippen molar-refractivity contribution in [2.24, 2.45) is 11.8 Å². The number of thiocarbonyl (C=S) groups is 1. The third kappa shape index (κ3) is 10.2. The lowest BCUT2D eigenvalue weighted by Gasteiger charge is -2.49. The number of ether oxygens (including phenoxy) is 6. The summed E-state index contributed by atoms with van der Waals surface area (Å²) in [5, 5.41) is 63.7. The van der Waals surface area contributed by atoms with Crippen LogP contribution in [0.4, 0.5) is 5.69 Å². The van der Waals surface area contributed by atoms with Gasteiger partial charge in [0.05, 0.1) is 47.6 Å². The molecule has 18 atom stereocenters. The fourth-order valence-corrected chi connectivity index (χ4v) is 10.7. The molecule has 1 aromatic carbocycles. The lowest BCUT2D eigenvalue weighted by atomic mass is 9.76. The second-order valence-electron chi connectivity index (χ2n) is 18.6. The van der Waals surface area contributed by atoms with Crippen molar-refractivity contribution in [1.29, 1.82) is 0 Å². The number of likely N-dealkylation sites (N-methyl/N-ethyl adjacent to an activating group) is 1. The fraction of sp³-hybridized carbons (Fsp3) is 0.814. The van der Waals surface area contributed by atoms with Gasteiger partial charge < -0.3 is 69.1 Å². The Balaban J connectivity index is 1.70. The van der Waals surface area contributed by atoms with Gasteiger partial charge in [0.25, 0.3) is 0 Å². The minimum Gasteiger partial charge on any atom is -0.459 e. The molecule has 342 valence electrons. The predicted molar refractivity (Wildman–Crippen MR) is 232 cm³/mol. The Labute approximate surface area is 369 Å². The van der Waals surface area contributed by atoms with Crippen LogP contribution in [-0.2, 0) is 33.2 Å². The van der Waals surface area contributed by atoms with Crippen molar-refractivity contribution in [2.75, 3.05) is 33.1 Å². The van der Waals surface area contributed by atoms with Gasteiger partial charge in [-0.05, 0) is 118 Å². The molecule has 17 heteroatoms. The Morgan fingerprint density at radius 2 is 1.68 bits per heavy atom. The first-order chi connectivity index (χ1) is 27.9. The summed E-state index contributed by atoms with van der Waals surface area (Å²) in [4.78, 5) is 18.2. The topological polar surface area (TPSA) is 192 Å². The maximum atomic E-state index is 14.5. The van der Waals surface area contributed by atoms with Gasteiger partial charge in [-0.1, -0.05) is 29.8 Å². The maximum Gasteiger partial charge on any atom is 0.311 e. The van der Waals surface area contributed by atoms with Crippen molar-refractivity contribution in [3.63, 3.8) is 0 Å². The highest BCUT2D eigenvalue weighted by Gasteiger charge is 2.53. The van der Waals surface area contributed by atoms with Crippen molar-refractivity contribution in [1.82, 2.24) is 9.80 Å². The molecule has 0 unspecified atom stereocenters. The van der Waals surface area contributed by atoms with Crippen LogP contribution in [-0.4, -0.2) is 164 Å². The highest BCUT2D eigenvalue weighted by molar-refractivity contribution is 9.10. The number of nitrogens with zero attached hydrogens (tertiary/aromatic N) is 2. The number of rotatable bonds is 7. The molecule has 0 spiro atoms. The second kappa shape index (κ2) is 19.3. The maximum absolute atomic E-state index is 14.5. The Morgan fingerprint density at radius 1 is 1.02 bits per heavy atom. The minimum absolute atomic E-state index is 0.0614. The van der Waals surface area contributed by atoms with Crippen LogP contribution >= 0.6 is 28.1 Å². The molecule has 15 nitrogen and oxygen atoms in total. The summed E-state index contributed by atoms with van der Waals surface area (Å²) in [6, 6.07) is 4.61. The Hall–Kier alpha value is -1.58. The number of aliphatic hydroxyl groups is 5. The van der Waals surface area contributed by atoms with E-state index in [9.17, 15) is 30.3 Å². The van der Waals surface area contributed by atoms with E-state index in [1.165, 1.54) is 14.0 Å². The van der Waals surface area contributed by atoms with Gasteiger partial charge in [0, 0.05) is 48.1 Å². The largest absolute Gasteiger partial charge is 0.459 e. The van der Waals surface area contributed by atoms with E-state index in [2.05, 4.69) is 21.2 Å². The quantitative estimate of drug-likeness (QED) is 0.170. The third-order valence-corrected chi connectivity index (χ3v) is 14.7. The fourth-order valence-electron chi connectivity index (χ4n) is 9.81. The smallest absolute Gasteiger partial charge is 0.311 e. The van der Waals surface area contributed by atoms with Crippen LogP contribution in [0.3, 0.4) is 0 Å². The zero-order valence-corrected chi connectivity index (χ0v) is 39.6. The van der Waals surface area contributed by atoms with Crippen molar-refractivity contribution in [3.05, 3.63) is 28.2 Å². The molecule has 3 fully saturated rings. The number of hydrogen-bond acceptors (Lipinski definition) is 14. The van der Waals surface area contributed by atoms with E-state index in [0.717, 1.165) is 10.0 Å². The van der Waals surface area contributed by atoms with Crippen molar-refractivity contribution in [2.45, 2.75) is 184 Å². The summed E-state index contributed by atoms with van der Waals surface area (Å²) >= 11 is 9.70. The number of fused-ring (bicyclic) bond motifs is 5. The molecule has 6 N–H and O–H groups in total. The molecule has 4 bridgehead atoms. The highest BCUT2D eigenvalue weighted by Crippen LogP contribution is 2.43. The first kappa shape index (κ1) is 49.4. The van der Waals surface area contributed by atoms with Gasteiger partial charge in [0.1, 0.15) is 30.0 Å². The van der Waals surface area contributed by atoms with Gasteiger partial charge in [0.2, 0.25) is 0 Å². The number of nitrogens with one attached hydrogen (secondary N) is 1. The molecule has 3 saturated heterocycles. The first-order valence-corrected chi connectivity index (χ1v) is 22.5. The molecule has 0 amide bonds. The van der Waals surface area contributed by atoms with Crippen LogP contribution in [0.2, 0.25) is 0 Å². The number of benzene rings is 1. The summed E-state index contributed by atoms with van der Waals surface area (Å²) < 4.78 is 38.9. The van der Waals surface area contributed by atoms with Gasteiger partial charge in [0.15, 0.2) is 17.7 Å². The standard InChI is InChI=1S/C43H70BrN3O12S/c1-13-31-43(9,53)35(49)24(5)47-20-26(28-17-27(45-40(47)60)14-15-29(28)44)18-41(7,52)37(59-39-33(48)30(46(10)11)16-21(2)55-39)22(3)34(23(4)38(51)57-31)58-32-19-42(8,54-12)36(50)25(6)56-32/h14-15,17,21-26,30-37,39,48-50,52-53H,13,16,18-20H2,1-12H3,(H,45,60)/t21-,22+,23-,24-,25+,26-,30+,31-,32+,33-,34+,35-,36+,37-,39+,41-,42-,43-/m1/s1. The summed E-state index contributed by atoms with van der Waals surface area (Å²) in [5.74, 6) is -3.12. The van der Waals surface area contributed by atoms with E-state index < -0.39 is 102 Å². The van der Waals surface area contributed by atoms with E-state index in [0.29, 0.717) is 17.2 Å². The summed E-state index contributed by atoms with van der Waals surface area (Å²) in [7, 11) is 5.26. The normalized spacial score (nSPS) is 44.9. The number of halogens is 1. The molecule has 4 aliphatic heterocycles. The summed E-state index contributed by atoms with van der Waals surface area (Å²) in [6.07, 6.45) is -9.30. The molecule has 5 rings (SSSR count). The van der Waals surface area contributed by atoms with Crippen LogP contribution in [0, 0.1) is 11.8 Å². The van der Waals surface area contributed by atoms with Crippen LogP contribution in [0.15, 0.2) is 22.7 Å². The lowest BCUT2D eigenvalue weighted by Crippen LogP contribution is -2.61. The van der Waals surface area contributed by atoms with Crippen molar-refractivity contribution < 1.29 is 58.7 Å². The molecular weight excluding hydrogens is 862 g/mol. The predicted octanol–water partition coefficient (Wildman–Crippen LogP) is 3.89. The zero-order chi connectivity index (χ0) is 44.8. The van der Waals surface area contributed by atoms with E-state index >= 15 is 0 Å². The SMILES string of the molecule is CC[C@H]1OC(=O)[C@H](C)[C@@H](O[C@H]2C[C@@](C)(OC)[C@@H](O)[C@H](C)O2)[C@H](C)[C@@H](O[C@@H]2O[C@H](C)C[C@H](N(C)C)[C@H]2O)[C@](C)(O)C[C@@H]2CN(C(=S)Nc3ccc(Br)c2c3)[C@H](C)[C@@H](O)[C@]1(C)O. The molecule has 1 aromatic rings. The van der Waals surface area contributed by atoms with Crippen LogP contribution in [0.5, 0.6) is 0 Å². The van der Waals surface area contributed by atoms with E-state index in [4.69, 9.17) is 40.6 Å². The lowest BCUT2D eigenvalue weighted by molar-refractivity contribution is -0.317. The number of methoxy groups -OCH3 is 1. The highest BCUT2D eigenvalue weighted by atomic mass is 79.9. The van der Waals surface area contributed by atoms with Crippen molar-refractivity contribution in [3.8, 4) is 0 Å². The number of anilines is 1. The minimum atomic E-state index is -1.95. The van der Waals surface area contributed by atoms with Gasteiger partial charge in [-0.25, -0.2) is 0 Å². The Kier molecular flexibility index (Phi) is 15.9. The van der Waals surface area contributed by atoms with Gasteiger partial charge >= 0.3 is 5.97 Å². The molecule has 0 saturated carbocycles. The molecule has 0 radical (unpaired) electrons. The number of cyclic esters (lactones) is 1. The van der Waals surface area contributed by atoms with E-state index in [-0.39, 0.29) is 38.0 Å². The van der Waals surface area contributed by atoms with Crippen molar-refractivity contribution >= 4 is 44.9 Å². The summed E-state index contributed by atoms with van der Waals surface area (Å²) in [5.41, 5.74) is -3.20. The van der Waals surface area contributed by atoms with Crippen LogP contribution in [0.25, 0.3) is 0 Å². The average Bonchev–Trinajstić information content (AvgIpc) is 3.18. The molecule has 4 heterocycles. The van der Waals surface area contributed by atoms with Gasteiger partial charge in [-0.3, -0.25) is 4.79 Å². The summed E-state index contributed by atoms with van der Waals surface area (Å²) in [6.45, 7) is 15.6. The number of aliphatic hydroxyl groups excluding tert-OH is 3. The molecule has 0 aliphatic carbocycles. The Morgan fingerprint density at radius 3 is 2.30 bits per heavy atom. The van der Waals surface area contributed by atoms with Crippen LogP contribution in [0.1, 0.15) is 99.5 Å². The Bertz CT molecular complexity index is 1660.